The van der Waals surface area contributed by atoms with Crippen LogP contribution in [0.15, 0.2) is 21.5 Å². The Morgan fingerprint density at radius 2 is 2.38 bits per heavy atom. The third kappa shape index (κ3) is 1.76. The maximum Gasteiger partial charge on any atom is 0.433 e. The zero-order chi connectivity index (χ0) is 11.8. The van der Waals surface area contributed by atoms with Gasteiger partial charge in [-0.2, -0.15) is 0 Å². The first-order valence-corrected chi connectivity index (χ1v) is 4.82. The van der Waals surface area contributed by atoms with Crippen molar-refractivity contribution in [1.29, 1.82) is 0 Å². The Hall–Kier alpha value is -1.89. The van der Waals surface area contributed by atoms with Gasteiger partial charge in [-0.3, -0.25) is 10.1 Å². The van der Waals surface area contributed by atoms with Crippen molar-refractivity contribution in [3.05, 3.63) is 28.0 Å². The van der Waals surface area contributed by atoms with E-state index in [4.69, 9.17) is 9.25 Å². The molecule has 0 aliphatic carbocycles. The summed E-state index contributed by atoms with van der Waals surface area (Å²) < 4.78 is 4.99. The molecule has 7 heteroatoms. The summed E-state index contributed by atoms with van der Waals surface area (Å²) in [6.07, 6.45) is 0.687. The molecule has 86 valence electrons. The number of furan rings is 1. The molecule has 1 unspecified atom stereocenters. The minimum Gasteiger partial charge on any atom is -0.397 e. The number of amidine groups is 1. The van der Waals surface area contributed by atoms with Gasteiger partial charge in [0.1, 0.15) is 4.92 Å². The number of nitrogens with zero attached hydrogens (tertiary/aromatic N) is 2. The van der Waals surface area contributed by atoms with Crippen molar-refractivity contribution < 1.29 is 14.2 Å². The van der Waals surface area contributed by atoms with E-state index >= 15 is 0 Å². The highest BCUT2D eigenvalue weighted by atomic mass is 16.7. The van der Waals surface area contributed by atoms with E-state index in [1.54, 1.807) is 0 Å². The molecule has 0 aromatic carbocycles. The molecule has 16 heavy (non-hydrogen) atoms. The van der Waals surface area contributed by atoms with Gasteiger partial charge in [0.05, 0.1) is 6.07 Å². The van der Waals surface area contributed by atoms with E-state index in [1.807, 2.05) is 13.8 Å². The summed E-state index contributed by atoms with van der Waals surface area (Å²) in [5, 5.41) is 10.4. The van der Waals surface area contributed by atoms with Gasteiger partial charge in [-0.25, -0.2) is 15.3 Å². The molecule has 1 aromatic heterocycles. The highest BCUT2D eigenvalue weighted by molar-refractivity contribution is 5.96. The lowest BCUT2D eigenvalue weighted by atomic mass is 10.2. The summed E-state index contributed by atoms with van der Waals surface area (Å²) in [5.74, 6) is 0.353. The highest BCUT2D eigenvalue weighted by Gasteiger charge is 2.31. The average Bonchev–Trinajstić information content (AvgIpc) is 2.84. The Bertz CT molecular complexity index is 453. The van der Waals surface area contributed by atoms with E-state index < -0.39 is 10.6 Å². The molecule has 1 aromatic rings. The first-order chi connectivity index (χ1) is 7.54. The van der Waals surface area contributed by atoms with Gasteiger partial charge in [-0.05, 0) is 19.4 Å². The number of rotatable bonds is 3. The maximum atomic E-state index is 10.4. The quantitative estimate of drug-likeness (QED) is 0.623. The van der Waals surface area contributed by atoms with Gasteiger partial charge in [0, 0.05) is 0 Å². The van der Waals surface area contributed by atoms with E-state index in [-0.39, 0.29) is 5.88 Å². The average molecular weight is 225 g/mol. The summed E-state index contributed by atoms with van der Waals surface area (Å²) in [6, 6.07) is 2.76. The first-order valence-electron chi connectivity index (χ1n) is 4.82. The monoisotopic (exact) mass is 225 g/mol. The molecule has 1 aliphatic rings. The fourth-order valence-corrected chi connectivity index (χ4v) is 1.25. The number of hydrogen-bond acceptors (Lipinski definition) is 6. The molecule has 0 radical (unpaired) electrons. The molecule has 1 atom stereocenters. The molecule has 1 aliphatic heterocycles. The number of hydrogen-bond donors (Lipinski definition) is 1. The fourth-order valence-electron chi connectivity index (χ4n) is 1.25. The van der Waals surface area contributed by atoms with Crippen LogP contribution in [0.3, 0.4) is 0 Å². The molecule has 7 nitrogen and oxygen atoms in total. The van der Waals surface area contributed by atoms with Crippen LogP contribution < -0.4 is 5.48 Å². The minimum absolute atomic E-state index is 0.295. The fraction of sp³-hybridized carbons (Fsp3) is 0.444. The van der Waals surface area contributed by atoms with E-state index in [9.17, 15) is 10.1 Å². The van der Waals surface area contributed by atoms with Crippen LogP contribution >= 0.6 is 0 Å². The van der Waals surface area contributed by atoms with Crippen molar-refractivity contribution in [3.8, 4) is 0 Å². The lowest BCUT2D eigenvalue weighted by Crippen LogP contribution is -2.25. The molecular weight excluding hydrogens is 214 g/mol. The molecule has 0 saturated heterocycles. The van der Waals surface area contributed by atoms with Crippen molar-refractivity contribution in [2.45, 2.75) is 26.0 Å². The predicted molar refractivity (Wildman–Crippen MR) is 54.8 cm³/mol. The van der Waals surface area contributed by atoms with E-state index in [1.165, 1.54) is 12.1 Å². The molecule has 0 bridgehead atoms. The third-order valence-corrected chi connectivity index (χ3v) is 2.38. The van der Waals surface area contributed by atoms with Gasteiger partial charge in [0.2, 0.25) is 0 Å². The molecule has 1 N–H and O–H groups in total. The van der Waals surface area contributed by atoms with Crippen LogP contribution in [0.2, 0.25) is 0 Å². The van der Waals surface area contributed by atoms with Crippen LogP contribution in [-0.2, 0) is 4.84 Å². The van der Waals surface area contributed by atoms with Gasteiger partial charge in [0.25, 0.3) is 0 Å². The first kappa shape index (κ1) is 10.6. The predicted octanol–water partition coefficient (Wildman–Crippen LogP) is 1.60. The van der Waals surface area contributed by atoms with Crippen molar-refractivity contribution >= 4 is 11.7 Å². The Morgan fingerprint density at radius 3 is 2.88 bits per heavy atom. The topological polar surface area (TPSA) is 89.9 Å². The molecular formula is C9H11N3O4. The standard InChI is InChI=1S/C9H11N3O4/c1-3-9(2)10-8(11-16-9)6-4-5-7(15-6)12(13)14/h4-5H,3H2,1-2H3,(H,10,11). The molecule has 2 heterocycles. The second-order valence-corrected chi connectivity index (χ2v) is 3.59. The maximum absolute atomic E-state index is 10.4. The zero-order valence-corrected chi connectivity index (χ0v) is 8.89. The van der Waals surface area contributed by atoms with E-state index in [2.05, 4.69) is 10.5 Å². The van der Waals surface area contributed by atoms with Crippen LogP contribution in [0.1, 0.15) is 26.0 Å². The molecule has 2 rings (SSSR count). The van der Waals surface area contributed by atoms with Crippen molar-refractivity contribution in [3.63, 3.8) is 0 Å². The highest BCUT2D eigenvalue weighted by Crippen LogP contribution is 2.24. The Morgan fingerprint density at radius 1 is 1.62 bits per heavy atom. The van der Waals surface area contributed by atoms with Gasteiger partial charge in [-0.15, -0.1) is 0 Å². The Kier molecular flexibility index (Phi) is 2.39. The number of nitro groups is 1. The second-order valence-electron chi connectivity index (χ2n) is 3.59. The van der Waals surface area contributed by atoms with Crippen LogP contribution in [0.4, 0.5) is 5.88 Å². The van der Waals surface area contributed by atoms with Crippen LogP contribution in [-0.4, -0.2) is 16.5 Å². The molecule has 0 saturated carbocycles. The normalized spacial score (nSPS) is 24.0. The smallest absolute Gasteiger partial charge is 0.397 e. The summed E-state index contributed by atoms with van der Waals surface area (Å²) >= 11 is 0. The Labute approximate surface area is 91.2 Å². The summed E-state index contributed by atoms with van der Waals surface area (Å²) in [6.45, 7) is 3.74. The van der Waals surface area contributed by atoms with Gasteiger partial charge in [0.15, 0.2) is 17.3 Å². The van der Waals surface area contributed by atoms with Crippen LogP contribution in [0.25, 0.3) is 0 Å². The number of aliphatic imine (C=N–C) groups is 1. The Balaban J connectivity index is 2.26. The molecule has 0 fully saturated rings. The lowest BCUT2D eigenvalue weighted by molar-refractivity contribution is -0.402. The van der Waals surface area contributed by atoms with Crippen molar-refractivity contribution in [1.82, 2.24) is 5.48 Å². The van der Waals surface area contributed by atoms with Crippen molar-refractivity contribution in [2.24, 2.45) is 4.99 Å². The zero-order valence-electron chi connectivity index (χ0n) is 8.89. The SMILES string of the molecule is CCC1(C)N=C(c2ccc([N+](=O)[O-])o2)NO1. The summed E-state index contributed by atoms with van der Waals surface area (Å²) in [7, 11) is 0. The van der Waals surface area contributed by atoms with E-state index in [0.717, 1.165) is 0 Å². The number of nitrogens with one attached hydrogen (secondary N) is 1. The van der Waals surface area contributed by atoms with Gasteiger partial charge < -0.3 is 4.42 Å². The summed E-state index contributed by atoms with van der Waals surface area (Å²) in [5.41, 5.74) is 1.96. The summed E-state index contributed by atoms with van der Waals surface area (Å²) in [4.78, 5) is 19.3. The van der Waals surface area contributed by atoms with Crippen molar-refractivity contribution in [2.75, 3.05) is 0 Å². The van der Waals surface area contributed by atoms with E-state index in [0.29, 0.717) is 18.0 Å². The molecule has 0 amide bonds. The van der Waals surface area contributed by atoms with Gasteiger partial charge >= 0.3 is 5.88 Å². The minimum atomic E-state index is -0.642. The largest absolute Gasteiger partial charge is 0.433 e. The lowest BCUT2D eigenvalue weighted by Gasteiger charge is -2.14. The molecule has 0 spiro atoms. The second kappa shape index (κ2) is 3.60. The van der Waals surface area contributed by atoms with Crippen LogP contribution in [0.5, 0.6) is 0 Å². The third-order valence-electron chi connectivity index (χ3n) is 2.38. The van der Waals surface area contributed by atoms with Gasteiger partial charge in [-0.1, -0.05) is 6.92 Å². The number of hydroxylamine groups is 1. The van der Waals surface area contributed by atoms with Crippen LogP contribution in [0, 0.1) is 10.1 Å².